The highest BCUT2D eigenvalue weighted by molar-refractivity contribution is 7.92. The van der Waals surface area contributed by atoms with E-state index in [0.717, 1.165) is 34.1 Å². The molecule has 3 aromatic carbocycles. The molecule has 0 spiro atoms. The molecule has 3 rings (SSSR count). The molecule has 2 atom stereocenters. The topological polar surface area (TPSA) is 66.5 Å². The molecule has 0 saturated heterocycles. The van der Waals surface area contributed by atoms with Gasteiger partial charge in [0.15, 0.2) is 0 Å². The first kappa shape index (κ1) is 23.5. The number of anilines is 1. The first-order chi connectivity index (χ1) is 15.1. The van der Waals surface area contributed by atoms with E-state index in [2.05, 4.69) is 5.32 Å². The number of aryl methyl sites for hydroxylation is 3. The highest BCUT2D eigenvalue weighted by Crippen LogP contribution is 2.28. The molecular weight excluding hydrogens is 420 g/mol. The minimum Gasteiger partial charge on any atom is -0.343 e. The molecule has 0 saturated carbocycles. The number of hydrogen-bond donors (Lipinski definition) is 1. The third-order valence-corrected chi connectivity index (χ3v) is 6.75. The van der Waals surface area contributed by atoms with Crippen molar-refractivity contribution in [2.45, 2.75) is 39.8 Å². The van der Waals surface area contributed by atoms with Crippen LogP contribution in [0, 0.1) is 20.8 Å². The predicted octanol–water partition coefficient (Wildman–Crippen LogP) is 4.67. The summed E-state index contributed by atoms with van der Waals surface area (Å²) in [6.07, 6.45) is 1.13. The average Bonchev–Trinajstić information content (AvgIpc) is 2.75. The summed E-state index contributed by atoms with van der Waals surface area (Å²) >= 11 is 0. The Kier molecular flexibility index (Phi) is 7.04. The van der Waals surface area contributed by atoms with Crippen LogP contribution in [0.1, 0.15) is 40.8 Å². The molecule has 5 nitrogen and oxygen atoms in total. The van der Waals surface area contributed by atoms with E-state index in [4.69, 9.17) is 0 Å². The van der Waals surface area contributed by atoms with Crippen molar-refractivity contribution >= 4 is 21.6 Å². The largest absolute Gasteiger partial charge is 0.343 e. The Hall–Kier alpha value is -3.12. The molecule has 0 aliphatic heterocycles. The van der Waals surface area contributed by atoms with Gasteiger partial charge in [-0.3, -0.25) is 9.10 Å². The highest BCUT2D eigenvalue weighted by atomic mass is 32.2. The molecule has 0 aliphatic rings. The summed E-state index contributed by atoms with van der Waals surface area (Å²) in [6, 6.07) is 21.9. The molecule has 2 unspecified atom stereocenters. The molecule has 0 aromatic heterocycles. The molecule has 0 bridgehead atoms. The van der Waals surface area contributed by atoms with Crippen LogP contribution in [-0.4, -0.2) is 26.6 Å². The number of amides is 1. The summed E-state index contributed by atoms with van der Waals surface area (Å²) in [5.41, 5.74) is 5.21. The van der Waals surface area contributed by atoms with Crippen LogP contribution in [-0.2, 0) is 14.8 Å². The van der Waals surface area contributed by atoms with Gasteiger partial charge >= 0.3 is 0 Å². The van der Waals surface area contributed by atoms with Crippen molar-refractivity contribution < 1.29 is 13.2 Å². The van der Waals surface area contributed by atoms with E-state index in [-0.39, 0.29) is 5.91 Å². The first-order valence-corrected chi connectivity index (χ1v) is 12.4. The van der Waals surface area contributed by atoms with E-state index < -0.39 is 22.1 Å². The molecule has 6 heteroatoms. The van der Waals surface area contributed by atoms with Gasteiger partial charge in [0, 0.05) is 0 Å². The van der Waals surface area contributed by atoms with Gasteiger partial charge in [-0.25, -0.2) is 8.42 Å². The SMILES string of the molecule is Cc1ccc(C(NC(=O)C(C)N(c2cc(C)ccc2C)S(C)(=O)=O)c2ccccc2)cc1. The summed E-state index contributed by atoms with van der Waals surface area (Å²) in [5.74, 6) is -0.370. The maximum absolute atomic E-state index is 13.4. The number of hydrogen-bond acceptors (Lipinski definition) is 3. The standard InChI is InChI=1S/C26H30N2O3S/c1-18-12-15-23(16-13-18)25(22-9-7-6-8-10-22)27-26(29)21(4)28(32(5,30)31)24-17-19(2)11-14-20(24)3/h6-17,21,25H,1-5H3,(H,27,29). The lowest BCUT2D eigenvalue weighted by Gasteiger charge is -2.31. The first-order valence-electron chi connectivity index (χ1n) is 10.6. The van der Waals surface area contributed by atoms with Gasteiger partial charge in [0.2, 0.25) is 15.9 Å². The van der Waals surface area contributed by atoms with Crippen LogP contribution in [0.2, 0.25) is 0 Å². The molecule has 168 valence electrons. The summed E-state index contributed by atoms with van der Waals surface area (Å²) in [6.45, 7) is 7.37. The van der Waals surface area contributed by atoms with Crippen LogP contribution in [0.15, 0.2) is 72.8 Å². The second-order valence-corrected chi connectivity index (χ2v) is 10.1. The average molecular weight is 451 g/mol. The number of nitrogens with zero attached hydrogens (tertiary/aromatic N) is 1. The summed E-state index contributed by atoms with van der Waals surface area (Å²) < 4.78 is 26.7. The monoisotopic (exact) mass is 450 g/mol. The molecule has 1 N–H and O–H groups in total. The molecule has 0 fully saturated rings. The number of carbonyl (C=O) groups is 1. The van der Waals surface area contributed by atoms with Crippen molar-refractivity contribution in [1.29, 1.82) is 0 Å². The lowest BCUT2D eigenvalue weighted by Crippen LogP contribution is -2.49. The minimum absolute atomic E-state index is 0.370. The van der Waals surface area contributed by atoms with Crippen molar-refractivity contribution in [3.05, 3.63) is 101 Å². The van der Waals surface area contributed by atoms with Gasteiger partial charge in [0.25, 0.3) is 0 Å². The van der Waals surface area contributed by atoms with Gasteiger partial charge in [0.1, 0.15) is 6.04 Å². The summed E-state index contributed by atoms with van der Waals surface area (Å²) in [4.78, 5) is 13.4. The molecule has 0 radical (unpaired) electrons. The summed E-state index contributed by atoms with van der Waals surface area (Å²) in [5, 5.41) is 3.08. The fraction of sp³-hybridized carbons (Fsp3) is 0.269. The van der Waals surface area contributed by atoms with Gasteiger partial charge < -0.3 is 5.32 Å². The van der Waals surface area contributed by atoms with Crippen LogP contribution >= 0.6 is 0 Å². The molecule has 0 heterocycles. The van der Waals surface area contributed by atoms with Crippen LogP contribution < -0.4 is 9.62 Å². The number of sulfonamides is 1. The second-order valence-electron chi connectivity index (χ2n) is 8.29. The molecule has 1 amide bonds. The van der Waals surface area contributed by atoms with Crippen molar-refractivity contribution in [1.82, 2.24) is 5.32 Å². The van der Waals surface area contributed by atoms with E-state index in [9.17, 15) is 13.2 Å². The maximum atomic E-state index is 13.4. The maximum Gasteiger partial charge on any atom is 0.244 e. The number of benzene rings is 3. The zero-order valence-electron chi connectivity index (χ0n) is 19.2. The lowest BCUT2D eigenvalue weighted by atomic mass is 9.97. The van der Waals surface area contributed by atoms with Crippen LogP contribution in [0.5, 0.6) is 0 Å². The Balaban J connectivity index is 1.98. The number of nitrogens with one attached hydrogen (secondary N) is 1. The molecule has 3 aromatic rings. The van der Waals surface area contributed by atoms with Crippen molar-refractivity contribution in [3.63, 3.8) is 0 Å². The predicted molar refractivity (Wildman–Crippen MR) is 130 cm³/mol. The fourth-order valence-electron chi connectivity index (χ4n) is 3.76. The van der Waals surface area contributed by atoms with Gasteiger partial charge in [0.05, 0.1) is 18.0 Å². The molecular formula is C26H30N2O3S. The lowest BCUT2D eigenvalue weighted by molar-refractivity contribution is -0.122. The van der Waals surface area contributed by atoms with E-state index >= 15 is 0 Å². The molecule has 32 heavy (non-hydrogen) atoms. The normalized spacial score (nSPS) is 13.3. The Morgan fingerprint density at radius 3 is 2.00 bits per heavy atom. The Bertz CT molecular complexity index is 1190. The smallest absolute Gasteiger partial charge is 0.244 e. The number of carbonyl (C=O) groups excluding carboxylic acids is 1. The van der Waals surface area contributed by atoms with E-state index in [1.165, 1.54) is 4.31 Å². The third kappa shape index (κ3) is 5.37. The quantitative estimate of drug-likeness (QED) is 0.569. The fourth-order valence-corrected chi connectivity index (χ4v) is 4.99. The second kappa shape index (κ2) is 9.57. The van der Waals surface area contributed by atoms with Gasteiger partial charge in [-0.2, -0.15) is 0 Å². The Morgan fingerprint density at radius 2 is 1.41 bits per heavy atom. The van der Waals surface area contributed by atoms with Crippen LogP contribution in [0.3, 0.4) is 0 Å². The Labute approximate surface area is 191 Å². The van der Waals surface area contributed by atoms with Crippen LogP contribution in [0.25, 0.3) is 0 Å². The zero-order valence-corrected chi connectivity index (χ0v) is 20.0. The van der Waals surface area contributed by atoms with Gasteiger partial charge in [-0.05, 0) is 56.0 Å². The van der Waals surface area contributed by atoms with Crippen molar-refractivity contribution in [2.24, 2.45) is 0 Å². The van der Waals surface area contributed by atoms with Crippen LogP contribution in [0.4, 0.5) is 5.69 Å². The minimum atomic E-state index is -3.70. The van der Waals surface area contributed by atoms with Crippen molar-refractivity contribution in [3.8, 4) is 0 Å². The molecule has 0 aliphatic carbocycles. The highest BCUT2D eigenvalue weighted by Gasteiger charge is 2.31. The summed E-state index contributed by atoms with van der Waals surface area (Å²) in [7, 11) is -3.70. The van der Waals surface area contributed by atoms with Gasteiger partial charge in [-0.1, -0.05) is 72.3 Å². The van der Waals surface area contributed by atoms with E-state index in [0.29, 0.717) is 5.69 Å². The van der Waals surface area contributed by atoms with Crippen molar-refractivity contribution in [2.75, 3.05) is 10.6 Å². The van der Waals surface area contributed by atoms with E-state index in [1.54, 1.807) is 13.0 Å². The van der Waals surface area contributed by atoms with Gasteiger partial charge in [-0.15, -0.1) is 0 Å². The number of rotatable bonds is 7. The third-order valence-electron chi connectivity index (χ3n) is 5.52. The Morgan fingerprint density at radius 1 is 0.844 bits per heavy atom. The zero-order chi connectivity index (χ0) is 23.5. The van der Waals surface area contributed by atoms with E-state index in [1.807, 2.05) is 87.5 Å².